The molecule has 0 aliphatic rings. The third kappa shape index (κ3) is 4.92. The van der Waals surface area contributed by atoms with E-state index in [4.69, 9.17) is 0 Å². The Labute approximate surface area is 152 Å². The topological polar surface area (TPSA) is 50.2 Å². The Morgan fingerprint density at radius 1 is 1.28 bits per heavy atom. The van der Waals surface area contributed by atoms with Crippen molar-refractivity contribution in [2.24, 2.45) is 0 Å². The van der Waals surface area contributed by atoms with Gasteiger partial charge in [0, 0.05) is 28.0 Å². The van der Waals surface area contributed by atoms with Gasteiger partial charge in [-0.2, -0.15) is 13.2 Å². The van der Waals surface area contributed by atoms with E-state index in [-0.39, 0.29) is 22.8 Å². The van der Waals surface area contributed by atoms with Crippen molar-refractivity contribution in [1.29, 1.82) is 0 Å². The number of rotatable bonds is 6. The summed E-state index contributed by atoms with van der Waals surface area (Å²) < 4.78 is 38.6. The molecule has 1 aromatic heterocycles. The van der Waals surface area contributed by atoms with Crippen LogP contribution in [0.4, 0.5) is 13.2 Å². The molecule has 0 radical (unpaired) electrons. The van der Waals surface area contributed by atoms with E-state index in [1.165, 1.54) is 17.8 Å². The average Bonchev–Trinajstić information content (AvgIpc) is 2.56. The van der Waals surface area contributed by atoms with Crippen LogP contribution in [0.3, 0.4) is 0 Å². The molecule has 3 nitrogen and oxygen atoms in total. The molecule has 1 aromatic carbocycles. The van der Waals surface area contributed by atoms with E-state index in [2.05, 4.69) is 4.98 Å². The Kier molecular flexibility index (Phi) is 6.40. The van der Waals surface area contributed by atoms with Gasteiger partial charge in [-0.15, -0.1) is 23.5 Å². The molecular weight excluding hydrogens is 371 g/mol. The molecule has 1 N–H and O–H groups in total. The number of nitrogens with zero attached hydrogens (tertiary/aromatic N) is 1. The Morgan fingerprint density at radius 2 is 2.00 bits per heavy atom. The van der Waals surface area contributed by atoms with E-state index in [1.54, 1.807) is 19.1 Å². The Balaban J connectivity index is 2.35. The number of ketones is 1. The zero-order chi connectivity index (χ0) is 18.6. The van der Waals surface area contributed by atoms with E-state index in [0.717, 1.165) is 22.7 Å². The number of carbonyl (C=O) groups is 1. The van der Waals surface area contributed by atoms with Gasteiger partial charge in [-0.05, 0) is 36.3 Å². The van der Waals surface area contributed by atoms with Crippen molar-refractivity contribution in [3.05, 3.63) is 47.3 Å². The predicted molar refractivity (Wildman–Crippen MR) is 93.6 cm³/mol. The molecule has 0 saturated carbocycles. The van der Waals surface area contributed by atoms with Crippen molar-refractivity contribution in [2.45, 2.75) is 29.3 Å². The van der Waals surface area contributed by atoms with Gasteiger partial charge < -0.3 is 5.11 Å². The number of hydrogen-bond donors (Lipinski definition) is 1. The quantitative estimate of drug-likeness (QED) is 0.554. The summed E-state index contributed by atoms with van der Waals surface area (Å²) in [6, 6.07) is 5.86. The zero-order valence-corrected chi connectivity index (χ0v) is 15.2. The van der Waals surface area contributed by atoms with Gasteiger partial charge >= 0.3 is 6.18 Å². The van der Waals surface area contributed by atoms with Crippen molar-refractivity contribution < 1.29 is 23.1 Å². The van der Waals surface area contributed by atoms with Crippen molar-refractivity contribution in [1.82, 2.24) is 4.98 Å². The molecule has 0 bridgehead atoms. The minimum Gasteiger partial charge on any atom is -0.508 e. The standard InChI is InChI=1S/C17H16F3NO2S2/c1-3-25-15-8-11(17(18,19)20)9-21-16(15)14(23)7-10-6-12(24-2)4-5-13(10)22/h4-6,8-9,22H,3,7H2,1-2H3. The molecule has 8 heteroatoms. The van der Waals surface area contributed by atoms with E-state index in [0.29, 0.717) is 17.5 Å². The number of aromatic nitrogens is 1. The number of phenolic OH excluding ortho intramolecular Hbond substituents is 1. The van der Waals surface area contributed by atoms with Gasteiger partial charge in [-0.25, -0.2) is 0 Å². The second-order valence-electron chi connectivity index (χ2n) is 5.10. The molecule has 0 aliphatic heterocycles. The summed E-state index contributed by atoms with van der Waals surface area (Å²) in [7, 11) is 0. The maximum absolute atomic E-state index is 12.9. The minimum absolute atomic E-state index is 0.00574. The lowest BCUT2D eigenvalue weighted by Gasteiger charge is -2.12. The highest BCUT2D eigenvalue weighted by molar-refractivity contribution is 7.99. The number of halogens is 3. The van der Waals surface area contributed by atoms with Gasteiger partial charge in [0.2, 0.25) is 0 Å². The number of carbonyl (C=O) groups excluding carboxylic acids is 1. The lowest BCUT2D eigenvalue weighted by molar-refractivity contribution is -0.138. The van der Waals surface area contributed by atoms with Crippen LogP contribution in [0.5, 0.6) is 5.75 Å². The van der Waals surface area contributed by atoms with Gasteiger partial charge in [0.05, 0.1) is 5.56 Å². The van der Waals surface area contributed by atoms with Crippen molar-refractivity contribution in [3.8, 4) is 5.75 Å². The van der Waals surface area contributed by atoms with E-state index >= 15 is 0 Å². The maximum atomic E-state index is 12.9. The summed E-state index contributed by atoms with van der Waals surface area (Å²) >= 11 is 2.60. The number of alkyl halides is 3. The number of phenols is 1. The molecule has 134 valence electrons. The lowest BCUT2D eigenvalue weighted by Crippen LogP contribution is -2.12. The van der Waals surface area contributed by atoms with Crippen LogP contribution < -0.4 is 0 Å². The summed E-state index contributed by atoms with van der Waals surface area (Å²) in [6.45, 7) is 1.78. The lowest BCUT2D eigenvalue weighted by atomic mass is 10.0. The smallest absolute Gasteiger partial charge is 0.417 e. The van der Waals surface area contributed by atoms with Crippen molar-refractivity contribution >= 4 is 29.3 Å². The summed E-state index contributed by atoms with van der Waals surface area (Å²) in [5.41, 5.74) is -0.466. The molecule has 2 rings (SSSR count). The van der Waals surface area contributed by atoms with Crippen LogP contribution in [0.1, 0.15) is 28.5 Å². The molecular formula is C17H16F3NO2S2. The zero-order valence-electron chi connectivity index (χ0n) is 13.6. The highest BCUT2D eigenvalue weighted by Gasteiger charge is 2.32. The van der Waals surface area contributed by atoms with Gasteiger partial charge in [-0.3, -0.25) is 9.78 Å². The number of aromatic hydroxyl groups is 1. The fourth-order valence-electron chi connectivity index (χ4n) is 2.16. The Hall–Kier alpha value is -1.67. The van der Waals surface area contributed by atoms with Crippen LogP contribution in [0.15, 0.2) is 40.3 Å². The second-order valence-corrected chi connectivity index (χ2v) is 7.28. The van der Waals surface area contributed by atoms with Gasteiger partial charge in [0.25, 0.3) is 0 Å². The Bertz CT molecular complexity index is 779. The number of Topliss-reactive ketones (excluding diaryl/α,β-unsaturated/α-hetero) is 1. The molecule has 0 atom stereocenters. The number of thioether (sulfide) groups is 2. The van der Waals surface area contributed by atoms with Crippen LogP contribution in [0.2, 0.25) is 0 Å². The Morgan fingerprint density at radius 3 is 2.60 bits per heavy atom. The highest BCUT2D eigenvalue weighted by Crippen LogP contribution is 2.33. The van der Waals surface area contributed by atoms with E-state index in [1.807, 2.05) is 6.26 Å². The normalized spacial score (nSPS) is 11.6. The predicted octanol–water partition coefficient (Wildman–Crippen LogP) is 5.07. The monoisotopic (exact) mass is 387 g/mol. The molecule has 1 heterocycles. The first-order chi connectivity index (χ1) is 11.8. The van der Waals surface area contributed by atoms with Crippen molar-refractivity contribution in [3.63, 3.8) is 0 Å². The van der Waals surface area contributed by atoms with Crippen LogP contribution in [-0.4, -0.2) is 27.9 Å². The third-order valence-corrected chi connectivity index (χ3v) is 5.02. The van der Waals surface area contributed by atoms with Crippen molar-refractivity contribution in [2.75, 3.05) is 12.0 Å². The van der Waals surface area contributed by atoms with Gasteiger partial charge in [-0.1, -0.05) is 6.92 Å². The first-order valence-electron chi connectivity index (χ1n) is 7.35. The van der Waals surface area contributed by atoms with Gasteiger partial charge in [0.15, 0.2) is 5.78 Å². The SMILES string of the molecule is CCSc1cc(C(F)(F)F)cnc1C(=O)Cc1cc(SC)ccc1O. The van der Waals surface area contributed by atoms with Gasteiger partial charge in [0.1, 0.15) is 11.4 Å². The highest BCUT2D eigenvalue weighted by atomic mass is 32.2. The molecule has 0 unspecified atom stereocenters. The van der Waals surface area contributed by atoms with E-state index < -0.39 is 17.5 Å². The average molecular weight is 387 g/mol. The van der Waals surface area contributed by atoms with Crippen LogP contribution in [0.25, 0.3) is 0 Å². The summed E-state index contributed by atoms with van der Waals surface area (Å²) in [5, 5.41) is 9.91. The first kappa shape index (κ1) is 19.7. The fraction of sp³-hybridized carbons (Fsp3) is 0.294. The second kappa shape index (κ2) is 8.14. The summed E-state index contributed by atoms with van der Waals surface area (Å²) in [5.74, 6) is 0.0530. The molecule has 25 heavy (non-hydrogen) atoms. The molecule has 0 spiro atoms. The molecule has 2 aromatic rings. The molecule has 0 saturated heterocycles. The summed E-state index contributed by atoms with van der Waals surface area (Å²) in [4.78, 5) is 17.4. The number of pyridine rings is 1. The number of hydrogen-bond acceptors (Lipinski definition) is 5. The molecule has 0 amide bonds. The largest absolute Gasteiger partial charge is 0.508 e. The van der Waals surface area contributed by atoms with Crippen LogP contribution in [-0.2, 0) is 12.6 Å². The molecule has 0 fully saturated rings. The minimum atomic E-state index is -4.51. The van der Waals surface area contributed by atoms with Crippen LogP contribution >= 0.6 is 23.5 Å². The molecule has 0 aliphatic carbocycles. The summed E-state index contributed by atoms with van der Waals surface area (Å²) in [6.07, 6.45) is -2.10. The fourth-order valence-corrected chi connectivity index (χ4v) is 3.45. The first-order valence-corrected chi connectivity index (χ1v) is 9.56. The third-order valence-electron chi connectivity index (χ3n) is 3.38. The van der Waals surface area contributed by atoms with Crippen LogP contribution in [0, 0.1) is 0 Å². The number of benzene rings is 1. The van der Waals surface area contributed by atoms with E-state index in [9.17, 15) is 23.1 Å². The maximum Gasteiger partial charge on any atom is 0.417 e.